The van der Waals surface area contributed by atoms with Crippen molar-refractivity contribution in [3.63, 3.8) is 0 Å². The largest absolute Gasteiger partial charge is 0.497 e. The first-order valence-corrected chi connectivity index (χ1v) is 8.58. The third-order valence-corrected chi connectivity index (χ3v) is 4.21. The zero-order valence-corrected chi connectivity index (χ0v) is 16.9. The summed E-state index contributed by atoms with van der Waals surface area (Å²) in [5, 5.41) is 7.46. The zero-order chi connectivity index (χ0) is 18.6. The minimum atomic E-state index is -0.0737. The maximum atomic E-state index is 12.3. The van der Waals surface area contributed by atoms with Gasteiger partial charge in [-0.1, -0.05) is 13.8 Å². The third kappa shape index (κ3) is 5.39. The molecule has 0 aliphatic heterocycles. The van der Waals surface area contributed by atoms with Crippen molar-refractivity contribution in [3.05, 3.63) is 35.2 Å². The summed E-state index contributed by atoms with van der Waals surface area (Å²) in [6, 6.07) is 5.21. The highest BCUT2D eigenvalue weighted by atomic mass is 35.5. The van der Waals surface area contributed by atoms with Gasteiger partial charge in [0.05, 0.1) is 24.2 Å². The van der Waals surface area contributed by atoms with Crippen LogP contribution in [0.3, 0.4) is 0 Å². The van der Waals surface area contributed by atoms with Crippen LogP contribution in [0.4, 0.5) is 11.4 Å². The van der Waals surface area contributed by atoms with Crippen molar-refractivity contribution < 1.29 is 9.53 Å². The number of aromatic nitrogens is 2. The van der Waals surface area contributed by atoms with Crippen molar-refractivity contribution >= 4 is 29.7 Å². The van der Waals surface area contributed by atoms with Crippen LogP contribution in [0.15, 0.2) is 18.2 Å². The molecule has 0 aliphatic rings. The molecular weight excluding hydrogens is 352 g/mol. The van der Waals surface area contributed by atoms with Gasteiger partial charge < -0.3 is 15.8 Å². The zero-order valence-electron chi connectivity index (χ0n) is 16.1. The molecule has 0 bridgehead atoms. The summed E-state index contributed by atoms with van der Waals surface area (Å²) in [5.74, 6) is 1.12. The summed E-state index contributed by atoms with van der Waals surface area (Å²) < 4.78 is 7.20. The standard InChI is InChI=1S/C19H28N4O2.ClH/c1-12(2)11-23-14(4)16(13(3)22-23)7-9-19(24)21-18-10-15(25-5)6-8-17(18)20;/h6,8,10,12H,7,9,11,20H2,1-5H3,(H,21,24);1H. The van der Waals surface area contributed by atoms with Gasteiger partial charge in [0, 0.05) is 24.7 Å². The van der Waals surface area contributed by atoms with E-state index in [1.807, 2.05) is 11.6 Å². The Kier molecular flexibility index (Phi) is 7.96. The van der Waals surface area contributed by atoms with Gasteiger partial charge in [0.25, 0.3) is 0 Å². The number of halogens is 1. The van der Waals surface area contributed by atoms with E-state index in [4.69, 9.17) is 10.5 Å². The average Bonchev–Trinajstić information content (AvgIpc) is 2.81. The lowest BCUT2D eigenvalue weighted by molar-refractivity contribution is -0.116. The second kappa shape index (κ2) is 9.48. The van der Waals surface area contributed by atoms with Crippen molar-refractivity contribution in [1.29, 1.82) is 0 Å². The van der Waals surface area contributed by atoms with Crippen LogP contribution < -0.4 is 15.8 Å². The number of nitrogen functional groups attached to an aromatic ring is 1. The smallest absolute Gasteiger partial charge is 0.224 e. The Morgan fingerprint density at radius 3 is 2.65 bits per heavy atom. The van der Waals surface area contributed by atoms with Crippen LogP contribution in [0.2, 0.25) is 0 Å². The summed E-state index contributed by atoms with van der Waals surface area (Å²) >= 11 is 0. The van der Waals surface area contributed by atoms with Crippen LogP contribution in [0.25, 0.3) is 0 Å². The minimum Gasteiger partial charge on any atom is -0.497 e. The van der Waals surface area contributed by atoms with Gasteiger partial charge in [0.1, 0.15) is 5.75 Å². The number of ether oxygens (including phenoxy) is 1. The molecule has 1 heterocycles. The Bertz CT molecular complexity index is 756. The summed E-state index contributed by atoms with van der Waals surface area (Å²) in [6.07, 6.45) is 1.04. The number of nitrogens with zero attached hydrogens (tertiary/aromatic N) is 2. The van der Waals surface area contributed by atoms with E-state index in [9.17, 15) is 4.79 Å². The van der Waals surface area contributed by atoms with Gasteiger partial charge in [-0.15, -0.1) is 12.4 Å². The van der Waals surface area contributed by atoms with Crippen LogP contribution in [0.5, 0.6) is 5.75 Å². The van der Waals surface area contributed by atoms with Gasteiger partial charge in [-0.05, 0) is 43.9 Å². The minimum absolute atomic E-state index is 0. The summed E-state index contributed by atoms with van der Waals surface area (Å²) in [5.41, 5.74) is 10.3. The number of hydrogen-bond donors (Lipinski definition) is 2. The molecule has 1 aromatic heterocycles. The normalized spacial score (nSPS) is 10.5. The van der Waals surface area contributed by atoms with E-state index in [2.05, 4.69) is 31.2 Å². The van der Waals surface area contributed by atoms with Crippen molar-refractivity contribution in [1.82, 2.24) is 9.78 Å². The SMILES string of the molecule is COc1ccc(N)c(NC(=O)CCc2c(C)nn(CC(C)C)c2C)c1.Cl. The van der Waals surface area contributed by atoms with E-state index in [0.29, 0.717) is 35.9 Å². The number of methoxy groups -OCH3 is 1. The lowest BCUT2D eigenvalue weighted by atomic mass is 10.1. The first kappa shape index (κ1) is 21.8. The molecule has 0 radical (unpaired) electrons. The average molecular weight is 381 g/mol. The lowest BCUT2D eigenvalue weighted by Crippen LogP contribution is -2.14. The van der Waals surface area contributed by atoms with Gasteiger partial charge in [-0.3, -0.25) is 9.48 Å². The van der Waals surface area contributed by atoms with E-state index < -0.39 is 0 Å². The molecular formula is C19H29ClN4O2. The van der Waals surface area contributed by atoms with Crippen LogP contribution in [-0.4, -0.2) is 22.8 Å². The Morgan fingerprint density at radius 2 is 2.04 bits per heavy atom. The van der Waals surface area contributed by atoms with Crippen LogP contribution >= 0.6 is 12.4 Å². The van der Waals surface area contributed by atoms with Crippen molar-refractivity contribution in [2.24, 2.45) is 5.92 Å². The van der Waals surface area contributed by atoms with Crippen LogP contribution in [0.1, 0.15) is 37.2 Å². The molecule has 0 aliphatic carbocycles. The number of aryl methyl sites for hydroxylation is 1. The molecule has 0 fully saturated rings. The number of hydrogen-bond acceptors (Lipinski definition) is 4. The van der Waals surface area contributed by atoms with Gasteiger partial charge in [-0.2, -0.15) is 5.10 Å². The number of amides is 1. The quantitative estimate of drug-likeness (QED) is 0.717. The van der Waals surface area contributed by atoms with Crippen molar-refractivity contribution in [3.8, 4) is 5.75 Å². The maximum Gasteiger partial charge on any atom is 0.224 e. The van der Waals surface area contributed by atoms with E-state index >= 15 is 0 Å². The third-order valence-electron chi connectivity index (χ3n) is 4.21. The van der Waals surface area contributed by atoms with E-state index in [0.717, 1.165) is 23.5 Å². The van der Waals surface area contributed by atoms with Crippen LogP contribution in [-0.2, 0) is 17.8 Å². The fraction of sp³-hybridized carbons (Fsp3) is 0.474. The topological polar surface area (TPSA) is 82.2 Å². The Hall–Kier alpha value is -2.21. The molecule has 1 aromatic carbocycles. The highest BCUT2D eigenvalue weighted by molar-refractivity contribution is 5.94. The monoisotopic (exact) mass is 380 g/mol. The predicted octanol–water partition coefficient (Wildman–Crippen LogP) is 3.74. The van der Waals surface area contributed by atoms with E-state index in [1.165, 1.54) is 0 Å². The Balaban J connectivity index is 0.00000338. The first-order chi connectivity index (χ1) is 11.8. The molecule has 26 heavy (non-hydrogen) atoms. The van der Waals surface area contributed by atoms with Gasteiger partial charge in [-0.25, -0.2) is 0 Å². The maximum absolute atomic E-state index is 12.3. The molecule has 0 saturated carbocycles. The summed E-state index contributed by atoms with van der Waals surface area (Å²) in [6.45, 7) is 9.29. The van der Waals surface area contributed by atoms with Gasteiger partial charge in [0.2, 0.25) is 5.91 Å². The Labute approximate surface area is 161 Å². The molecule has 0 atom stereocenters. The molecule has 0 spiro atoms. The second-order valence-corrected chi connectivity index (χ2v) is 6.73. The molecule has 0 unspecified atom stereocenters. The number of nitrogens with one attached hydrogen (secondary N) is 1. The molecule has 0 saturated heterocycles. The van der Waals surface area contributed by atoms with E-state index in [1.54, 1.807) is 25.3 Å². The summed E-state index contributed by atoms with van der Waals surface area (Å²) in [4.78, 5) is 12.3. The summed E-state index contributed by atoms with van der Waals surface area (Å²) in [7, 11) is 1.58. The van der Waals surface area contributed by atoms with Crippen molar-refractivity contribution in [2.45, 2.75) is 47.1 Å². The number of nitrogens with two attached hydrogens (primary N) is 1. The highest BCUT2D eigenvalue weighted by Crippen LogP contribution is 2.25. The van der Waals surface area contributed by atoms with E-state index in [-0.39, 0.29) is 18.3 Å². The molecule has 3 N–H and O–H groups in total. The molecule has 7 heteroatoms. The number of carbonyl (C=O) groups excluding carboxylic acids is 1. The van der Waals surface area contributed by atoms with Gasteiger partial charge in [0.15, 0.2) is 0 Å². The predicted molar refractivity (Wildman–Crippen MR) is 108 cm³/mol. The highest BCUT2D eigenvalue weighted by Gasteiger charge is 2.14. The fourth-order valence-corrected chi connectivity index (χ4v) is 2.84. The number of anilines is 2. The molecule has 1 amide bonds. The molecule has 2 aromatic rings. The fourth-order valence-electron chi connectivity index (χ4n) is 2.84. The first-order valence-electron chi connectivity index (χ1n) is 8.58. The molecule has 144 valence electrons. The van der Waals surface area contributed by atoms with Gasteiger partial charge >= 0.3 is 0 Å². The van der Waals surface area contributed by atoms with Crippen molar-refractivity contribution in [2.75, 3.05) is 18.2 Å². The number of rotatable bonds is 7. The molecule has 6 nitrogen and oxygen atoms in total. The molecule has 2 rings (SSSR count). The number of benzene rings is 1. The number of carbonyl (C=O) groups is 1. The lowest BCUT2D eigenvalue weighted by Gasteiger charge is -2.10. The van der Waals surface area contributed by atoms with Crippen LogP contribution in [0, 0.1) is 19.8 Å². The Morgan fingerprint density at radius 1 is 1.35 bits per heavy atom. The second-order valence-electron chi connectivity index (χ2n) is 6.73.